The van der Waals surface area contributed by atoms with Gasteiger partial charge in [0.25, 0.3) is 11.6 Å². The second-order valence-electron chi connectivity index (χ2n) is 5.90. The minimum absolute atomic E-state index is 0.133. The van der Waals surface area contributed by atoms with E-state index in [-0.39, 0.29) is 18.1 Å². The molecule has 0 aliphatic rings. The highest BCUT2D eigenvalue weighted by Gasteiger charge is 2.18. The lowest BCUT2D eigenvalue weighted by Crippen LogP contribution is -2.14. The third kappa shape index (κ3) is 6.10. The predicted octanol–water partition coefficient (Wildman–Crippen LogP) is 4.37. The van der Waals surface area contributed by atoms with Crippen LogP contribution in [0.5, 0.6) is 11.5 Å². The molecule has 2 aromatic rings. The summed E-state index contributed by atoms with van der Waals surface area (Å²) in [4.78, 5) is 33.9. The summed E-state index contributed by atoms with van der Waals surface area (Å²) in [7, 11) is 0. The maximum Gasteiger partial charge on any atom is 0.308 e. The molecule has 9 nitrogen and oxygen atoms in total. The van der Waals surface area contributed by atoms with Crippen molar-refractivity contribution < 1.29 is 28.4 Å². The molecule has 1 N–H and O–H groups in total. The lowest BCUT2D eigenvalue weighted by atomic mass is 10.1. The average molecular weight is 492 g/mol. The van der Waals surface area contributed by atoms with E-state index in [2.05, 4.69) is 21.2 Å². The number of amides is 1. The lowest BCUT2D eigenvalue weighted by Gasteiger charge is -2.13. The Morgan fingerprint density at radius 1 is 1.35 bits per heavy atom. The number of anilines is 1. The van der Waals surface area contributed by atoms with Crippen molar-refractivity contribution >= 4 is 45.3 Å². The number of nitrogens with zero attached hydrogens (tertiary/aromatic N) is 2. The summed E-state index contributed by atoms with van der Waals surface area (Å²) in [5, 5.41) is 22.4. The standard InChI is InChI=1S/C20H15BrFN3O6/c1-3-30-18-8-12(7-15(21)19(18)31-11(2)26)6-13(10-23)20(27)24-17-9-14(25(28)29)4-5-16(17)22/h4-9H,3H2,1-2H3,(H,24,27)/b13-6+. The van der Waals surface area contributed by atoms with Crippen molar-refractivity contribution in [2.45, 2.75) is 13.8 Å². The Labute approximate surface area is 184 Å². The minimum atomic E-state index is -0.972. The van der Waals surface area contributed by atoms with Gasteiger partial charge in [-0.1, -0.05) is 0 Å². The van der Waals surface area contributed by atoms with Gasteiger partial charge in [-0.3, -0.25) is 19.7 Å². The van der Waals surface area contributed by atoms with E-state index in [1.165, 1.54) is 25.1 Å². The number of nitro benzene ring substituents is 1. The highest BCUT2D eigenvalue weighted by atomic mass is 79.9. The average Bonchev–Trinajstić information content (AvgIpc) is 2.70. The van der Waals surface area contributed by atoms with Crippen LogP contribution in [0.2, 0.25) is 0 Å². The zero-order valence-electron chi connectivity index (χ0n) is 16.3. The van der Waals surface area contributed by atoms with Gasteiger partial charge in [-0.25, -0.2) is 4.39 Å². The lowest BCUT2D eigenvalue weighted by molar-refractivity contribution is -0.384. The van der Waals surface area contributed by atoms with Crippen molar-refractivity contribution in [1.29, 1.82) is 5.26 Å². The number of nitro groups is 1. The van der Waals surface area contributed by atoms with E-state index in [0.717, 1.165) is 18.2 Å². The van der Waals surface area contributed by atoms with Gasteiger partial charge in [-0.05, 0) is 52.7 Å². The number of esters is 1. The van der Waals surface area contributed by atoms with Crippen LogP contribution in [0.15, 0.2) is 40.4 Å². The highest BCUT2D eigenvalue weighted by Crippen LogP contribution is 2.37. The van der Waals surface area contributed by atoms with Gasteiger partial charge in [0.2, 0.25) is 0 Å². The summed E-state index contributed by atoms with van der Waals surface area (Å²) in [6.45, 7) is 3.20. The SMILES string of the molecule is CCOc1cc(/C=C(\C#N)C(=O)Nc2cc([N+](=O)[O-])ccc2F)cc(Br)c1OC(C)=O. The highest BCUT2D eigenvalue weighted by molar-refractivity contribution is 9.10. The number of nitriles is 1. The summed E-state index contributed by atoms with van der Waals surface area (Å²) >= 11 is 3.25. The van der Waals surface area contributed by atoms with Crippen LogP contribution >= 0.6 is 15.9 Å². The predicted molar refractivity (Wildman–Crippen MR) is 112 cm³/mol. The van der Waals surface area contributed by atoms with E-state index >= 15 is 0 Å². The molecule has 2 rings (SSSR count). The molecule has 11 heteroatoms. The molecule has 0 heterocycles. The molecular weight excluding hydrogens is 477 g/mol. The Morgan fingerprint density at radius 3 is 2.65 bits per heavy atom. The largest absolute Gasteiger partial charge is 0.490 e. The van der Waals surface area contributed by atoms with Gasteiger partial charge in [-0.15, -0.1) is 0 Å². The molecule has 0 atom stereocenters. The first kappa shape index (κ1) is 23.5. The number of hydrogen-bond acceptors (Lipinski definition) is 7. The Morgan fingerprint density at radius 2 is 2.06 bits per heavy atom. The third-order valence-corrected chi connectivity index (χ3v) is 4.25. The van der Waals surface area contributed by atoms with Crippen LogP contribution in [-0.2, 0) is 9.59 Å². The first-order valence-electron chi connectivity index (χ1n) is 8.68. The van der Waals surface area contributed by atoms with Gasteiger partial charge in [0.05, 0.1) is 21.7 Å². The molecule has 0 fully saturated rings. The van der Waals surface area contributed by atoms with Crippen LogP contribution in [0.3, 0.4) is 0 Å². The number of rotatable bonds is 7. The Kier molecular flexibility index (Phi) is 7.81. The molecular formula is C20H15BrFN3O6. The van der Waals surface area contributed by atoms with Crippen molar-refractivity contribution in [2.24, 2.45) is 0 Å². The molecule has 1 amide bonds. The molecule has 0 aliphatic carbocycles. The Hall–Kier alpha value is -3.78. The molecule has 0 saturated heterocycles. The minimum Gasteiger partial charge on any atom is -0.490 e. The molecule has 2 aromatic carbocycles. The fourth-order valence-electron chi connectivity index (χ4n) is 2.40. The van der Waals surface area contributed by atoms with Gasteiger partial charge < -0.3 is 14.8 Å². The normalized spacial score (nSPS) is 10.7. The van der Waals surface area contributed by atoms with Crippen molar-refractivity contribution in [3.05, 3.63) is 61.9 Å². The number of ether oxygens (including phenoxy) is 2. The second-order valence-corrected chi connectivity index (χ2v) is 6.76. The van der Waals surface area contributed by atoms with E-state index < -0.39 is 39.6 Å². The maximum atomic E-state index is 13.9. The van der Waals surface area contributed by atoms with Crippen LogP contribution in [0, 0.1) is 27.3 Å². The summed E-state index contributed by atoms with van der Waals surface area (Å²) < 4.78 is 24.8. The van der Waals surface area contributed by atoms with Gasteiger partial charge in [0, 0.05) is 19.1 Å². The third-order valence-electron chi connectivity index (χ3n) is 3.66. The fourth-order valence-corrected chi connectivity index (χ4v) is 2.95. The van der Waals surface area contributed by atoms with E-state index in [1.807, 2.05) is 0 Å². The summed E-state index contributed by atoms with van der Waals surface area (Å²) in [6.07, 6.45) is 1.20. The van der Waals surface area contributed by atoms with E-state index in [1.54, 1.807) is 13.0 Å². The smallest absolute Gasteiger partial charge is 0.308 e. The van der Waals surface area contributed by atoms with Crippen LogP contribution < -0.4 is 14.8 Å². The molecule has 0 radical (unpaired) electrons. The molecule has 31 heavy (non-hydrogen) atoms. The van der Waals surface area contributed by atoms with Gasteiger partial charge in [0.1, 0.15) is 17.5 Å². The van der Waals surface area contributed by atoms with Crippen molar-refractivity contribution in [3.63, 3.8) is 0 Å². The molecule has 160 valence electrons. The van der Waals surface area contributed by atoms with Crippen molar-refractivity contribution in [2.75, 3.05) is 11.9 Å². The monoisotopic (exact) mass is 491 g/mol. The molecule has 0 aromatic heterocycles. The number of carbonyl (C=O) groups excluding carboxylic acids is 2. The number of nitrogens with one attached hydrogen (secondary N) is 1. The van der Waals surface area contributed by atoms with E-state index in [0.29, 0.717) is 10.0 Å². The molecule has 0 saturated carbocycles. The number of non-ortho nitro benzene ring substituents is 1. The maximum absolute atomic E-state index is 13.9. The first-order chi connectivity index (χ1) is 14.7. The van der Waals surface area contributed by atoms with Crippen LogP contribution in [0.1, 0.15) is 19.4 Å². The molecule has 0 spiro atoms. The molecule has 0 unspecified atom stereocenters. The number of carbonyl (C=O) groups is 2. The van der Waals surface area contributed by atoms with E-state index in [9.17, 15) is 29.4 Å². The molecule has 0 aliphatic heterocycles. The topological polar surface area (TPSA) is 132 Å². The van der Waals surface area contributed by atoms with Gasteiger partial charge >= 0.3 is 5.97 Å². The van der Waals surface area contributed by atoms with Crippen LogP contribution in [0.25, 0.3) is 6.08 Å². The Balaban J connectivity index is 2.40. The number of benzene rings is 2. The van der Waals surface area contributed by atoms with Crippen LogP contribution in [-0.4, -0.2) is 23.4 Å². The summed E-state index contributed by atoms with van der Waals surface area (Å²) in [5.74, 6) is -2.11. The Bertz CT molecular complexity index is 1130. The zero-order valence-corrected chi connectivity index (χ0v) is 17.9. The van der Waals surface area contributed by atoms with Crippen LogP contribution in [0.4, 0.5) is 15.8 Å². The summed E-state index contributed by atoms with van der Waals surface area (Å²) in [5.41, 5.74) is -0.926. The summed E-state index contributed by atoms with van der Waals surface area (Å²) in [6, 6.07) is 7.26. The zero-order chi connectivity index (χ0) is 23.1. The van der Waals surface area contributed by atoms with E-state index in [4.69, 9.17) is 9.47 Å². The quantitative estimate of drug-likeness (QED) is 0.152. The van der Waals surface area contributed by atoms with Gasteiger partial charge in [-0.2, -0.15) is 5.26 Å². The van der Waals surface area contributed by atoms with Crippen molar-refractivity contribution in [1.82, 2.24) is 0 Å². The number of halogens is 2. The van der Waals surface area contributed by atoms with Crippen molar-refractivity contribution in [3.8, 4) is 17.6 Å². The first-order valence-corrected chi connectivity index (χ1v) is 9.47. The number of hydrogen-bond donors (Lipinski definition) is 1. The fraction of sp³-hybridized carbons (Fsp3) is 0.150. The molecule has 0 bridgehead atoms. The van der Waals surface area contributed by atoms with Gasteiger partial charge in [0.15, 0.2) is 11.5 Å². The second kappa shape index (κ2) is 10.3.